The predicted molar refractivity (Wildman–Crippen MR) is 125 cm³/mol. The number of aromatic amines is 1. The van der Waals surface area contributed by atoms with E-state index in [1.807, 2.05) is 13.8 Å². The van der Waals surface area contributed by atoms with Gasteiger partial charge in [0.1, 0.15) is 5.82 Å². The van der Waals surface area contributed by atoms with Gasteiger partial charge in [-0.2, -0.15) is 4.98 Å². The van der Waals surface area contributed by atoms with Gasteiger partial charge < -0.3 is 15.2 Å². The van der Waals surface area contributed by atoms with E-state index in [9.17, 15) is 19.2 Å². The standard InChI is InChI=1S/C21H30N6O4S/c1-3-5-11-26-18(22)17(19(30)24-20(26)31)27(14-8-6-7-9-14)16(29)13-32-21-23-15(28)10-12-25(21)4-2/h10,12,14H,3-9,11,13,22H2,1-2H3,(H,24,30,31). The van der Waals surface area contributed by atoms with Gasteiger partial charge in [-0.1, -0.05) is 37.9 Å². The van der Waals surface area contributed by atoms with Gasteiger partial charge in [0, 0.05) is 31.4 Å². The number of thioether (sulfide) groups is 1. The first kappa shape index (κ1) is 23.8. The molecule has 0 bridgehead atoms. The SMILES string of the molecule is CCCCn1c(N)c(N(C(=O)CSc2nc(=O)ccn2CC)C2CCCC2)c(=O)[nH]c1=O. The molecule has 2 aromatic rings. The third-order valence-electron chi connectivity index (χ3n) is 5.66. The Morgan fingerprint density at radius 2 is 2.00 bits per heavy atom. The lowest BCUT2D eigenvalue weighted by Crippen LogP contribution is -2.46. The van der Waals surface area contributed by atoms with Gasteiger partial charge in [0.15, 0.2) is 10.8 Å². The van der Waals surface area contributed by atoms with Crippen molar-refractivity contribution in [3.63, 3.8) is 0 Å². The Balaban J connectivity index is 1.97. The molecule has 1 amide bonds. The summed E-state index contributed by atoms with van der Waals surface area (Å²) in [6.07, 6.45) is 6.62. The zero-order valence-corrected chi connectivity index (χ0v) is 19.3. The zero-order chi connectivity index (χ0) is 23.3. The second kappa shape index (κ2) is 10.7. The molecule has 3 N–H and O–H groups in total. The Morgan fingerprint density at radius 3 is 2.66 bits per heavy atom. The number of nitrogens with two attached hydrogens (primary N) is 1. The average molecular weight is 463 g/mol. The maximum absolute atomic E-state index is 13.4. The van der Waals surface area contributed by atoms with E-state index < -0.39 is 11.2 Å². The number of aryl methyl sites for hydroxylation is 1. The second-order valence-electron chi connectivity index (χ2n) is 7.82. The fourth-order valence-corrected chi connectivity index (χ4v) is 4.89. The van der Waals surface area contributed by atoms with Gasteiger partial charge in [0.25, 0.3) is 11.1 Å². The molecule has 0 saturated heterocycles. The van der Waals surface area contributed by atoms with Crippen molar-refractivity contribution in [1.29, 1.82) is 0 Å². The van der Waals surface area contributed by atoms with Crippen LogP contribution < -0.4 is 27.4 Å². The Kier molecular flexibility index (Phi) is 7.94. The summed E-state index contributed by atoms with van der Waals surface area (Å²) in [6, 6.07) is 1.21. The molecule has 174 valence electrons. The Bertz CT molecular complexity index is 1130. The third kappa shape index (κ3) is 5.14. The summed E-state index contributed by atoms with van der Waals surface area (Å²) in [4.78, 5) is 58.0. The number of amides is 1. The quantitative estimate of drug-likeness (QED) is 0.426. The van der Waals surface area contributed by atoms with E-state index in [0.29, 0.717) is 18.2 Å². The molecule has 32 heavy (non-hydrogen) atoms. The van der Waals surface area contributed by atoms with Crippen LogP contribution in [0.5, 0.6) is 0 Å². The molecule has 1 aliphatic rings. The molecular weight excluding hydrogens is 432 g/mol. The first-order valence-corrected chi connectivity index (χ1v) is 12.0. The Hall–Kier alpha value is -2.82. The number of nitrogens with one attached hydrogen (secondary N) is 1. The smallest absolute Gasteiger partial charge is 0.330 e. The molecule has 1 fully saturated rings. The number of carbonyl (C=O) groups is 1. The molecule has 10 nitrogen and oxygen atoms in total. The summed E-state index contributed by atoms with van der Waals surface area (Å²) in [5.41, 5.74) is 4.72. The van der Waals surface area contributed by atoms with Crippen molar-refractivity contribution in [3.05, 3.63) is 43.5 Å². The minimum absolute atomic E-state index is 0.0140. The number of nitrogens with zero attached hydrogens (tertiary/aromatic N) is 4. The molecular formula is C21H30N6O4S. The van der Waals surface area contributed by atoms with Crippen LogP contribution in [0.4, 0.5) is 11.5 Å². The van der Waals surface area contributed by atoms with Crippen LogP contribution in [0.25, 0.3) is 0 Å². The summed E-state index contributed by atoms with van der Waals surface area (Å²) >= 11 is 1.15. The number of nitrogen functional groups attached to an aromatic ring is 1. The highest BCUT2D eigenvalue weighted by Crippen LogP contribution is 2.30. The van der Waals surface area contributed by atoms with Gasteiger partial charge in [0.2, 0.25) is 5.91 Å². The van der Waals surface area contributed by atoms with Crippen molar-refractivity contribution >= 4 is 29.2 Å². The second-order valence-corrected chi connectivity index (χ2v) is 8.77. The lowest BCUT2D eigenvalue weighted by atomic mass is 10.2. The molecule has 0 aromatic carbocycles. The maximum Gasteiger partial charge on any atom is 0.330 e. The lowest BCUT2D eigenvalue weighted by Gasteiger charge is -2.30. The molecule has 0 spiro atoms. The van der Waals surface area contributed by atoms with Gasteiger partial charge in [-0.25, -0.2) is 4.79 Å². The maximum atomic E-state index is 13.4. The highest BCUT2D eigenvalue weighted by atomic mass is 32.2. The lowest BCUT2D eigenvalue weighted by molar-refractivity contribution is -0.116. The van der Waals surface area contributed by atoms with Crippen LogP contribution in [-0.4, -0.2) is 36.8 Å². The van der Waals surface area contributed by atoms with Gasteiger partial charge in [-0.05, 0) is 26.2 Å². The van der Waals surface area contributed by atoms with E-state index in [1.54, 1.807) is 10.8 Å². The first-order valence-electron chi connectivity index (χ1n) is 11.0. The number of unbranched alkanes of at least 4 members (excludes halogenated alkanes) is 1. The van der Waals surface area contributed by atoms with Crippen molar-refractivity contribution in [3.8, 4) is 0 Å². The molecule has 11 heteroatoms. The number of carbonyl (C=O) groups excluding carboxylic acids is 1. The topological polar surface area (TPSA) is 136 Å². The molecule has 3 rings (SSSR count). The monoisotopic (exact) mass is 462 g/mol. The van der Waals surface area contributed by atoms with E-state index in [4.69, 9.17) is 5.73 Å². The summed E-state index contributed by atoms with van der Waals surface area (Å²) in [7, 11) is 0. The number of rotatable bonds is 9. The van der Waals surface area contributed by atoms with Crippen molar-refractivity contribution in [2.24, 2.45) is 0 Å². The van der Waals surface area contributed by atoms with Crippen LogP contribution in [-0.2, 0) is 17.9 Å². The van der Waals surface area contributed by atoms with E-state index in [0.717, 1.165) is 50.3 Å². The van der Waals surface area contributed by atoms with Gasteiger partial charge in [0.05, 0.1) is 5.75 Å². The van der Waals surface area contributed by atoms with E-state index in [2.05, 4.69) is 9.97 Å². The van der Waals surface area contributed by atoms with Crippen LogP contribution in [0.15, 0.2) is 31.8 Å². The number of anilines is 2. The fourth-order valence-electron chi connectivity index (χ4n) is 3.99. The third-order valence-corrected chi connectivity index (χ3v) is 6.64. The number of aromatic nitrogens is 4. The minimum Gasteiger partial charge on any atom is -0.383 e. The number of H-pyrrole nitrogens is 1. The molecule has 1 aliphatic carbocycles. The Morgan fingerprint density at radius 1 is 1.28 bits per heavy atom. The zero-order valence-electron chi connectivity index (χ0n) is 18.5. The van der Waals surface area contributed by atoms with Gasteiger partial charge >= 0.3 is 5.69 Å². The number of hydrogen-bond acceptors (Lipinski definition) is 7. The van der Waals surface area contributed by atoms with Gasteiger partial charge in [-0.15, -0.1) is 0 Å². The van der Waals surface area contributed by atoms with Crippen LogP contribution in [0, 0.1) is 0 Å². The molecule has 2 heterocycles. The molecule has 0 radical (unpaired) electrons. The fraction of sp³-hybridized carbons (Fsp3) is 0.571. The summed E-state index contributed by atoms with van der Waals surface area (Å²) in [5, 5.41) is 0.439. The predicted octanol–water partition coefficient (Wildman–Crippen LogP) is 1.56. The minimum atomic E-state index is -0.659. The van der Waals surface area contributed by atoms with Crippen molar-refractivity contribution < 1.29 is 4.79 Å². The molecule has 2 aromatic heterocycles. The van der Waals surface area contributed by atoms with Crippen molar-refractivity contribution in [2.75, 3.05) is 16.4 Å². The van der Waals surface area contributed by atoms with Gasteiger partial charge in [-0.3, -0.25) is 23.9 Å². The highest BCUT2D eigenvalue weighted by molar-refractivity contribution is 7.99. The van der Waals surface area contributed by atoms with E-state index in [1.165, 1.54) is 15.5 Å². The Labute approximate surface area is 189 Å². The summed E-state index contributed by atoms with van der Waals surface area (Å²) in [5.74, 6) is -0.304. The van der Waals surface area contributed by atoms with Crippen LogP contribution in [0.3, 0.4) is 0 Å². The molecule has 1 saturated carbocycles. The van der Waals surface area contributed by atoms with Crippen LogP contribution >= 0.6 is 11.8 Å². The number of hydrogen-bond donors (Lipinski definition) is 2. The van der Waals surface area contributed by atoms with Crippen LogP contribution in [0.2, 0.25) is 0 Å². The summed E-state index contributed by atoms with van der Waals surface area (Å²) in [6.45, 7) is 4.88. The largest absolute Gasteiger partial charge is 0.383 e. The first-order chi connectivity index (χ1) is 15.4. The highest BCUT2D eigenvalue weighted by Gasteiger charge is 2.32. The molecule has 0 unspecified atom stereocenters. The average Bonchev–Trinajstić information content (AvgIpc) is 3.29. The van der Waals surface area contributed by atoms with E-state index >= 15 is 0 Å². The van der Waals surface area contributed by atoms with Crippen LogP contribution in [0.1, 0.15) is 52.4 Å². The van der Waals surface area contributed by atoms with E-state index in [-0.39, 0.29) is 34.8 Å². The summed E-state index contributed by atoms with van der Waals surface area (Å²) < 4.78 is 3.11. The van der Waals surface area contributed by atoms with Crippen molar-refractivity contribution in [2.45, 2.75) is 76.7 Å². The van der Waals surface area contributed by atoms with Crippen molar-refractivity contribution in [1.82, 2.24) is 19.1 Å². The molecule has 0 atom stereocenters. The normalized spacial score (nSPS) is 14.1. The molecule has 0 aliphatic heterocycles.